The van der Waals surface area contributed by atoms with E-state index in [1.807, 2.05) is 0 Å². The second kappa shape index (κ2) is 67.5. The molecule has 0 spiro atoms. The van der Waals surface area contributed by atoms with Gasteiger partial charge in [-0.3, -0.25) is 37.3 Å². The lowest BCUT2D eigenvalue weighted by atomic mass is 9.99. The molecule has 0 rings (SSSR count). The first kappa shape index (κ1) is 94.1. The lowest BCUT2D eigenvalue weighted by molar-refractivity contribution is -0.161. The first-order valence-electron chi connectivity index (χ1n) is 39.9. The highest BCUT2D eigenvalue weighted by Crippen LogP contribution is 2.45. The molecule has 0 aromatic rings. The number of aliphatic hydroxyl groups is 1. The molecule has 0 amide bonds. The van der Waals surface area contributed by atoms with Gasteiger partial charge in [-0.1, -0.05) is 344 Å². The van der Waals surface area contributed by atoms with Crippen LogP contribution in [0.2, 0.25) is 0 Å². The molecule has 0 saturated carbocycles. The Morgan fingerprint density at radius 2 is 0.531 bits per heavy atom. The third kappa shape index (κ3) is 67.9. The number of carbonyl (C=O) groups is 4. The summed E-state index contributed by atoms with van der Waals surface area (Å²) >= 11 is 0. The number of carbonyl (C=O) groups excluding carboxylic acids is 4. The van der Waals surface area contributed by atoms with E-state index in [9.17, 15) is 43.2 Å². The van der Waals surface area contributed by atoms with Gasteiger partial charge < -0.3 is 33.8 Å². The van der Waals surface area contributed by atoms with Crippen LogP contribution in [0.1, 0.15) is 395 Å². The monoisotopic (exact) mass is 1410 g/mol. The van der Waals surface area contributed by atoms with Gasteiger partial charge in [0.05, 0.1) is 26.4 Å². The molecule has 96 heavy (non-hydrogen) atoms. The molecule has 0 bridgehead atoms. The third-order valence-corrected chi connectivity index (χ3v) is 20.5. The molecule has 0 heterocycles. The predicted molar refractivity (Wildman–Crippen MR) is 391 cm³/mol. The van der Waals surface area contributed by atoms with E-state index < -0.39 is 97.5 Å². The number of unbranched alkanes of at least 4 members (excludes halogenated alkanes) is 41. The Morgan fingerprint density at radius 1 is 0.302 bits per heavy atom. The summed E-state index contributed by atoms with van der Waals surface area (Å²) in [5, 5.41) is 10.6. The van der Waals surface area contributed by atoms with Gasteiger partial charge in [0.15, 0.2) is 12.2 Å². The van der Waals surface area contributed by atoms with Crippen LogP contribution in [-0.2, 0) is 65.4 Å². The number of hydrogen-bond donors (Lipinski definition) is 3. The van der Waals surface area contributed by atoms with Gasteiger partial charge in [0.2, 0.25) is 0 Å². The lowest BCUT2D eigenvalue weighted by Gasteiger charge is -2.21. The molecule has 0 aromatic carbocycles. The van der Waals surface area contributed by atoms with Crippen molar-refractivity contribution in [2.45, 2.75) is 414 Å². The van der Waals surface area contributed by atoms with Crippen molar-refractivity contribution in [3.8, 4) is 0 Å². The summed E-state index contributed by atoms with van der Waals surface area (Å²) in [5.41, 5.74) is 0. The zero-order valence-corrected chi connectivity index (χ0v) is 64.6. The summed E-state index contributed by atoms with van der Waals surface area (Å²) in [6.45, 7) is 12.0. The van der Waals surface area contributed by atoms with Crippen LogP contribution in [0.5, 0.6) is 0 Å². The van der Waals surface area contributed by atoms with Gasteiger partial charge >= 0.3 is 39.5 Å². The van der Waals surface area contributed by atoms with Crippen molar-refractivity contribution in [3.63, 3.8) is 0 Å². The highest BCUT2D eigenvalue weighted by Gasteiger charge is 2.30. The highest BCUT2D eigenvalue weighted by atomic mass is 31.2. The maximum Gasteiger partial charge on any atom is 0.472 e. The standard InChI is InChI=1S/C77H150O17P2/c1-8-11-12-13-34-44-51-58-74(79)87-64-72(93-77(82)61-54-47-40-33-27-26-28-35-41-48-55-68(4)5)66-91-95(83,84)89-62-71(78)63-90-96(85,86)92-67-73(94-76(81)60-53-46-39-32-25-21-17-15-19-23-30-37-43-50-57-70(7)10-3)65-88-75(80)59-52-45-38-31-24-20-16-14-18-22-29-36-42-49-56-69(6)9-2/h68-73,78H,8-67H2,1-7H3,(H,83,84)(H,85,86)/t69?,70?,71-,72+,73+/m0/s1. The molecule has 3 N–H and O–H groups in total. The van der Waals surface area contributed by atoms with Crippen LogP contribution >= 0.6 is 15.6 Å². The number of hydrogen-bond acceptors (Lipinski definition) is 15. The van der Waals surface area contributed by atoms with E-state index in [4.69, 9.17) is 37.0 Å². The van der Waals surface area contributed by atoms with Crippen molar-refractivity contribution in [2.24, 2.45) is 17.8 Å². The van der Waals surface area contributed by atoms with E-state index in [2.05, 4.69) is 48.5 Å². The Morgan fingerprint density at radius 3 is 0.792 bits per heavy atom. The molecule has 17 nitrogen and oxygen atoms in total. The van der Waals surface area contributed by atoms with E-state index in [-0.39, 0.29) is 25.7 Å². The van der Waals surface area contributed by atoms with Crippen LogP contribution in [0.4, 0.5) is 0 Å². The first-order chi connectivity index (χ1) is 46.3. The van der Waals surface area contributed by atoms with Gasteiger partial charge in [-0.15, -0.1) is 0 Å². The number of rotatable bonds is 75. The molecule has 0 fully saturated rings. The Balaban J connectivity index is 5.20. The quantitative estimate of drug-likeness (QED) is 0.0222. The second-order valence-corrected chi connectivity index (χ2v) is 31.6. The molecule has 0 radical (unpaired) electrons. The lowest BCUT2D eigenvalue weighted by Crippen LogP contribution is -2.30. The smallest absolute Gasteiger partial charge is 0.462 e. The number of phosphoric ester groups is 2. The van der Waals surface area contributed by atoms with Crippen molar-refractivity contribution >= 4 is 39.5 Å². The molecule has 19 heteroatoms. The molecule has 7 atom stereocenters. The van der Waals surface area contributed by atoms with Gasteiger partial charge in [-0.25, -0.2) is 9.13 Å². The van der Waals surface area contributed by atoms with Gasteiger partial charge in [0.25, 0.3) is 0 Å². The highest BCUT2D eigenvalue weighted by molar-refractivity contribution is 7.47. The van der Waals surface area contributed by atoms with Gasteiger partial charge in [0.1, 0.15) is 19.3 Å². The zero-order chi connectivity index (χ0) is 70.9. The summed E-state index contributed by atoms with van der Waals surface area (Å²) in [6.07, 6.45) is 54.1. The summed E-state index contributed by atoms with van der Waals surface area (Å²) in [4.78, 5) is 72.7. The van der Waals surface area contributed by atoms with Crippen LogP contribution < -0.4 is 0 Å². The van der Waals surface area contributed by atoms with Crippen molar-refractivity contribution in [1.29, 1.82) is 0 Å². The van der Waals surface area contributed by atoms with Crippen molar-refractivity contribution in [1.82, 2.24) is 0 Å². The Bertz CT molecular complexity index is 1870. The van der Waals surface area contributed by atoms with Crippen LogP contribution in [0.25, 0.3) is 0 Å². The molecule has 0 aliphatic carbocycles. The fraction of sp³-hybridized carbons (Fsp3) is 0.948. The summed E-state index contributed by atoms with van der Waals surface area (Å²) in [5.74, 6) is 0.327. The third-order valence-electron chi connectivity index (χ3n) is 18.6. The molecule has 0 aliphatic rings. The normalized spacial score (nSPS) is 14.6. The maximum atomic E-state index is 13.1. The molecule has 4 unspecified atom stereocenters. The number of aliphatic hydroxyl groups excluding tert-OH is 1. The first-order valence-corrected chi connectivity index (χ1v) is 42.9. The fourth-order valence-electron chi connectivity index (χ4n) is 11.7. The predicted octanol–water partition coefficient (Wildman–Crippen LogP) is 22.6. The van der Waals surface area contributed by atoms with Gasteiger partial charge in [-0.05, 0) is 43.4 Å². The average Bonchev–Trinajstić information content (AvgIpc) is 2.85. The molecule has 0 aromatic heterocycles. The van der Waals surface area contributed by atoms with E-state index in [0.717, 1.165) is 120 Å². The Hall–Kier alpha value is -1.94. The van der Waals surface area contributed by atoms with E-state index in [1.54, 1.807) is 0 Å². The Labute approximate surface area is 588 Å². The number of ether oxygens (including phenoxy) is 4. The zero-order valence-electron chi connectivity index (χ0n) is 62.8. The maximum absolute atomic E-state index is 13.1. The topological polar surface area (TPSA) is 237 Å². The summed E-state index contributed by atoms with van der Waals surface area (Å²) < 4.78 is 68.5. The minimum atomic E-state index is -4.96. The van der Waals surface area contributed by atoms with Crippen molar-refractivity contribution in [3.05, 3.63) is 0 Å². The van der Waals surface area contributed by atoms with Gasteiger partial charge in [-0.2, -0.15) is 0 Å². The minimum absolute atomic E-state index is 0.105. The number of esters is 4. The van der Waals surface area contributed by atoms with Crippen LogP contribution in [0, 0.1) is 17.8 Å². The SMILES string of the molecule is CCCCCCCCCC(=O)OC[C@H](COP(=O)(O)OC[C@H](O)COP(=O)(O)OC[C@@H](COC(=O)CCCCCCCCCCCCCCCCC(C)CC)OC(=O)CCCCCCCCCCCCCCCCC(C)CC)OC(=O)CCCCCCCCCCCCC(C)C. The van der Waals surface area contributed by atoms with Crippen molar-refractivity contribution in [2.75, 3.05) is 39.6 Å². The summed E-state index contributed by atoms with van der Waals surface area (Å²) in [7, 11) is -9.91. The van der Waals surface area contributed by atoms with Crippen LogP contribution in [0.3, 0.4) is 0 Å². The second-order valence-electron chi connectivity index (χ2n) is 28.7. The minimum Gasteiger partial charge on any atom is -0.462 e. The molecular weight excluding hydrogens is 1260 g/mol. The Kier molecular flexibility index (Phi) is 66.2. The van der Waals surface area contributed by atoms with E-state index >= 15 is 0 Å². The van der Waals surface area contributed by atoms with Crippen LogP contribution in [0.15, 0.2) is 0 Å². The van der Waals surface area contributed by atoms with Crippen LogP contribution in [-0.4, -0.2) is 96.7 Å². The molecule has 0 saturated heterocycles. The fourth-order valence-corrected chi connectivity index (χ4v) is 13.3. The van der Waals surface area contributed by atoms with Gasteiger partial charge in [0, 0.05) is 25.7 Å². The largest absolute Gasteiger partial charge is 0.472 e. The number of phosphoric acid groups is 2. The van der Waals surface area contributed by atoms with E-state index in [1.165, 1.54) is 193 Å². The molecule has 0 aliphatic heterocycles. The average molecular weight is 1410 g/mol. The van der Waals surface area contributed by atoms with E-state index in [0.29, 0.717) is 25.7 Å². The molecule has 570 valence electrons. The van der Waals surface area contributed by atoms with Crippen molar-refractivity contribution < 1.29 is 80.2 Å². The molecular formula is C77H150O17P2. The summed E-state index contributed by atoms with van der Waals surface area (Å²) in [6, 6.07) is 0.